The Morgan fingerprint density at radius 3 is 1.77 bits per heavy atom. The van der Waals surface area contributed by atoms with Crippen LogP contribution < -0.4 is 0 Å². The van der Waals surface area contributed by atoms with Gasteiger partial charge in [0, 0.05) is 0 Å². The maximum Gasteiger partial charge on any atom is 2.00 e. The summed E-state index contributed by atoms with van der Waals surface area (Å²) in [7, 11) is 1.25. The first kappa shape index (κ1) is 19.5. The summed E-state index contributed by atoms with van der Waals surface area (Å²) in [6.07, 6.45) is 8.55. The molecule has 0 saturated heterocycles. The minimum atomic E-state index is 0. The van der Waals surface area contributed by atoms with Gasteiger partial charge in [-0.05, 0) is 0 Å². The van der Waals surface area contributed by atoms with Crippen molar-refractivity contribution in [2.24, 2.45) is 5.92 Å². The monoisotopic (exact) mass is 211 g/mol. The minimum absolute atomic E-state index is 0. The van der Waals surface area contributed by atoms with Crippen molar-refractivity contribution in [2.45, 2.75) is 39.0 Å². The molecule has 0 aliphatic heterocycles. The van der Waals surface area contributed by atoms with Crippen LogP contribution in [-0.4, -0.2) is 51.1 Å². The van der Waals surface area contributed by atoms with E-state index in [4.69, 9.17) is 10.5 Å². The molecule has 1 fully saturated rings. The molecule has 76 valence electrons. The van der Waals surface area contributed by atoms with Crippen LogP contribution in [0.5, 0.6) is 0 Å². The Kier molecular flexibility index (Phi) is 27.9. The van der Waals surface area contributed by atoms with Crippen molar-refractivity contribution in [1.29, 1.82) is 0 Å². The Morgan fingerprint density at radius 1 is 1.31 bits per heavy atom. The number of hydrogen-bond acceptors (Lipinski definition) is 1. The average molecular weight is 211 g/mol. The molecule has 1 saturated carbocycles. The molecule has 0 spiro atoms. The van der Waals surface area contributed by atoms with E-state index in [-0.39, 0.29) is 39.2 Å². The third kappa shape index (κ3) is 19.3. The summed E-state index contributed by atoms with van der Waals surface area (Å²) in [6, 6.07) is 0. The van der Waals surface area contributed by atoms with E-state index in [1.807, 2.05) is 0 Å². The molecule has 0 unspecified atom stereocenters. The molecule has 0 radical (unpaired) electrons. The fourth-order valence-electron chi connectivity index (χ4n) is 1.19. The molecular weight excluding hydrogens is 190 g/mol. The zero-order chi connectivity index (χ0) is 9.82. The Hall–Kier alpha value is 0.890. The molecule has 0 aromatic rings. The van der Waals surface area contributed by atoms with Crippen LogP contribution in [0.15, 0.2) is 0 Å². The van der Waals surface area contributed by atoms with Crippen LogP contribution in [0.3, 0.4) is 0 Å². The molecule has 1 rings (SSSR count). The zero-order valence-corrected chi connectivity index (χ0v) is 11.1. The van der Waals surface area contributed by atoms with Crippen molar-refractivity contribution in [3.63, 3.8) is 0 Å². The molecule has 0 amide bonds. The second-order valence-electron chi connectivity index (χ2n) is 2.71. The molecule has 1 N–H and O–H groups in total. The zero-order valence-electron chi connectivity index (χ0n) is 9.94. The van der Waals surface area contributed by atoms with E-state index in [0.29, 0.717) is 0 Å². The molecular formula is C10H21CaNO-2. The van der Waals surface area contributed by atoms with E-state index in [1.165, 1.54) is 52.4 Å². The van der Waals surface area contributed by atoms with Gasteiger partial charge in [0.15, 0.2) is 0 Å². The molecule has 3 heteroatoms. The van der Waals surface area contributed by atoms with Crippen molar-refractivity contribution in [3.8, 4) is 0 Å². The predicted molar refractivity (Wildman–Crippen MR) is 60.4 cm³/mol. The van der Waals surface area contributed by atoms with Gasteiger partial charge in [-0.25, -0.2) is 0 Å². The van der Waals surface area contributed by atoms with Crippen molar-refractivity contribution in [3.05, 3.63) is 12.7 Å². The second-order valence-corrected chi connectivity index (χ2v) is 2.71. The van der Waals surface area contributed by atoms with Crippen LogP contribution in [0, 0.1) is 12.8 Å². The minimum Gasteiger partial charge on any atom is -1.00 e. The van der Waals surface area contributed by atoms with E-state index in [2.05, 4.69) is 6.92 Å². The summed E-state index contributed by atoms with van der Waals surface area (Å²) in [5.74, 6) is 0.786. The smallest absolute Gasteiger partial charge is 1.00 e. The van der Waals surface area contributed by atoms with E-state index in [1.54, 1.807) is 0 Å². The molecule has 1 aliphatic carbocycles. The van der Waals surface area contributed by atoms with E-state index in [0.717, 1.165) is 5.92 Å². The van der Waals surface area contributed by atoms with Gasteiger partial charge in [-0.3, -0.25) is 6.29 Å². The van der Waals surface area contributed by atoms with Crippen LogP contribution in [0.4, 0.5) is 0 Å². The molecule has 0 aromatic heterocycles. The summed E-state index contributed by atoms with van der Waals surface area (Å²) in [4.78, 5) is 8.68. The summed E-state index contributed by atoms with van der Waals surface area (Å²) in [6.45, 7) is 5.32. The van der Waals surface area contributed by atoms with Gasteiger partial charge in [-0.2, -0.15) is 19.9 Å². The number of rotatable bonds is 0. The third-order valence-corrected chi connectivity index (χ3v) is 1.72. The van der Waals surface area contributed by atoms with Crippen molar-refractivity contribution >= 4 is 44.0 Å². The maximum atomic E-state index is 8.68. The number of hydrogen-bond donors (Lipinski definition) is 0. The number of carbonyl (C=O) groups excluding carboxylic acids is 1. The molecule has 0 atom stereocenters. The Morgan fingerprint density at radius 2 is 1.62 bits per heavy atom. The molecule has 0 bridgehead atoms. The Bertz CT molecular complexity index is 88.2. The van der Waals surface area contributed by atoms with E-state index in [9.17, 15) is 0 Å². The average Bonchev–Trinajstić information content (AvgIpc) is 2.11. The van der Waals surface area contributed by atoms with E-state index >= 15 is 0 Å². The second kappa shape index (κ2) is 18.6. The van der Waals surface area contributed by atoms with Gasteiger partial charge in [0.2, 0.25) is 0 Å². The molecule has 13 heavy (non-hydrogen) atoms. The standard InChI is InChI=1S/C7H13.C2H3O.CH4N.Ca.H/c1-7-5-3-2-4-6-7;1-2-3;1-2;;/h7H,1-6H2;1H3;2H,1H3;;/q3*-1;+2;-1. The van der Waals surface area contributed by atoms with Gasteiger partial charge >= 0.3 is 37.7 Å². The van der Waals surface area contributed by atoms with Crippen molar-refractivity contribution in [2.75, 3.05) is 7.05 Å². The van der Waals surface area contributed by atoms with Crippen LogP contribution in [-0.2, 0) is 4.79 Å². The van der Waals surface area contributed by atoms with Crippen LogP contribution in [0.25, 0.3) is 5.73 Å². The molecule has 2 nitrogen and oxygen atoms in total. The fourth-order valence-corrected chi connectivity index (χ4v) is 1.19. The first-order valence-corrected chi connectivity index (χ1v) is 4.43. The molecule has 0 aromatic carbocycles. The number of nitrogens with one attached hydrogen (secondary N) is 1. The molecule has 0 heterocycles. The predicted octanol–water partition coefficient (Wildman–Crippen LogP) is 2.92. The van der Waals surface area contributed by atoms with E-state index < -0.39 is 0 Å². The SMILES string of the molecule is C[C-]=O.C[NH-].[CH2-]C1CCCCC1.[Ca+2].[H-]. The Balaban J connectivity index is -0.0000000633. The van der Waals surface area contributed by atoms with Gasteiger partial charge in [-0.1, -0.05) is 32.1 Å². The first-order valence-electron chi connectivity index (χ1n) is 4.43. The normalized spacial score (nSPS) is 15.1. The van der Waals surface area contributed by atoms with Gasteiger partial charge in [0.1, 0.15) is 0 Å². The van der Waals surface area contributed by atoms with Crippen LogP contribution in [0.1, 0.15) is 40.5 Å². The maximum absolute atomic E-state index is 8.68. The van der Waals surface area contributed by atoms with Crippen LogP contribution >= 0.6 is 0 Å². The van der Waals surface area contributed by atoms with Crippen molar-refractivity contribution < 1.29 is 6.22 Å². The summed E-state index contributed by atoms with van der Waals surface area (Å²) in [5, 5.41) is 0. The fraction of sp³-hybridized carbons (Fsp3) is 0.800. The third-order valence-electron chi connectivity index (χ3n) is 1.72. The van der Waals surface area contributed by atoms with Crippen LogP contribution in [0.2, 0.25) is 0 Å². The Labute approximate surface area is 114 Å². The topological polar surface area (TPSA) is 40.9 Å². The summed E-state index contributed by atoms with van der Waals surface area (Å²) >= 11 is 0. The largest absolute Gasteiger partial charge is 2.00 e. The van der Waals surface area contributed by atoms with Gasteiger partial charge < -0.3 is 18.9 Å². The van der Waals surface area contributed by atoms with Crippen molar-refractivity contribution in [1.82, 2.24) is 0 Å². The summed E-state index contributed by atoms with van der Waals surface area (Å²) in [5.41, 5.74) is 5.75. The van der Waals surface area contributed by atoms with Gasteiger partial charge in [-0.15, -0.1) is 0 Å². The van der Waals surface area contributed by atoms with Gasteiger partial charge in [0.05, 0.1) is 0 Å². The van der Waals surface area contributed by atoms with Gasteiger partial charge in [0.25, 0.3) is 0 Å². The summed E-state index contributed by atoms with van der Waals surface area (Å²) < 4.78 is 0. The quantitative estimate of drug-likeness (QED) is 0.448. The first-order chi connectivity index (χ1) is 5.81. The molecule has 1 aliphatic rings.